The number of nitrogen functional groups attached to an aromatic ring is 1. The molecule has 1 aliphatic heterocycles. The number of rotatable bonds is 3. The Morgan fingerprint density at radius 1 is 1.56 bits per heavy atom. The van der Waals surface area contributed by atoms with E-state index >= 15 is 0 Å². The first-order chi connectivity index (χ1) is 8.47. The van der Waals surface area contributed by atoms with Crippen molar-refractivity contribution in [3.63, 3.8) is 0 Å². The summed E-state index contributed by atoms with van der Waals surface area (Å²) in [6.07, 6.45) is 3.32. The monoisotopic (exact) mass is 267 g/mol. The second-order valence-electron chi connectivity index (χ2n) is 5.03. The van der Waals surface area contributed by atoms with Gasteiger partial charge in [-0.25, -0.2) is 0 Å². The predicted molar refractivity (Wildman–Crippen MR) is 75.8 cm³/mol. The Kier molecular flexibility index (Phi) is 3.64. The van der Waals surface area contributed by atoms with Crippen LogP contribution in [0.1, 0.15) is 53.5 Å². The van der Waals surface area contributed by atoms with Crippen LogP contribution < -0.4 is 11.5 Å². The average molecular weight is 267 g/mol. The molecule has 1 aliphatic rings. The van der Waals surface area contributed by atoms with Crippen molar-refractivity contribution in [1.29, 1.82) is 0 Å². The Labute approximate surface area is 112 Å². The molecule has 2 heterocycles. The summed E-state index contributed by atoms with van der Waals surface area (Å²) in [4.78, 5) is 15.1. The Hall–Kier alpha value is -1.07. The number of amides is 1. The van der Waals surface area contributed by atoms with Gasteiger partial charge in [0.2, 0.25) is 0 Å². The van der Waals surface area contributed by atoms with Gasteiger partial charge in [-0.2, -0.15) is 0 Å². The second kappa shape index (κ2) is 4.90. The zero-order valence-electron chi connectivity index (χ0n) is 11.2. The van der Waals surface area contributed by atoms with Crippen molar-refractivity contribution in [2.24, 2.45) is 5.73 Å². The first-order valence-electron chi connectivity index (χ1n) is 6.40. The van der Waals surface area contributed by atoms with E-state index in [0.29, 0.717) is 16.6 Å². The smallest absolute Gasteiger partial charge is 0.252 e. The van der Waals surface area contributed by atoms with Gasteiger partial charge in [0.15, 0.2) is 0 Å². The Bertz CT molecular complexity index is 469. The molecule has 0 radical (unpaired) electrons. The maximum atomic E-state index is 11.5. The number of carbonyl (C=O) groups is 1. The maximum Gasteiger partial charge on any atom is 0.252 e. The van der Waals surface area contributed by atoms with Crippen LogP contribution in [0, 0.1) is 0 Å². The van der Waals surface area contributed by atoms with E-state index < -0.39 is 5.91 Å². The lowest BCUT2D eigenvalue weighted by molar-refractivity contribution is 0.0994. The average Bonchev–Trinajstić information content (AvgIpc) is 2.62. The third-order valence-corrected chi connectivity index (χ3v) is 5.00. The van der Waals surface area contributed by atoms with Crippen molar-refractivity contribution in [3.8, 4) is 0 Å². The molecule has 2 atom stereocenters. The molecule has 0 aliphatic carbocycles. The summed E-state index contributed by atoms with van der Waals surface area (Å²) in [5.74, 6) is -0.404. The predicted octanol–water partition coefficient (Wildman–Crippen LogP) is 2.15. The molecule has 1 unspecified atom stereocenters. The van der Waals surface area contributed by atoms with E-state index in [9.17, 15) is 4.79 Å². The molecule has 0 fully saturated rings. The quantitative estimate of drug-likeness (QED) is 0.881. The lowest BCUT2D eigenvalue weighted by Crippen LogP contribution is -2.40. The van der Waals surface area contributed by atoms with Gasteiger partial charge in [-0.3, -0.25) is 9.69 Å². The first-order valence-corrected chi connectivity index (χ1v) is 7.21. The standard InChI is InChI=1S/C13H21N3OS/c1-4-5-8-6-9-10(7(2)16(8)3)11(12(14)17)13(15)18-9/h7-8H,4-6,15H2,1-3H3,(H2,14,17)/t7?,8-/m1/s1. The van der Waals surface area contributed by atoms with Crippen LogP contribution in [-0.2, 0) is 6.42 Å². The van der Waals surface area contributed by atoms with Crippen LogP contribution in [0.15, 0.2) is 0 Å². The molecule has 2 rings (SSSR count). The SMILES string of the molecule is CCC[C@@H]1Cc2sc(N)c(C(N)=O)c2C(C)N1C. The van der Waals surface area contributed by atoms with E-state index in [1.165, 1.54) is 29.1 Å². The van der Waals surface area contributed by atoms with Gasteiger partial charge >= 0.3 is 0 Å². The molecule has 0 saturated heterocycles. The molecule has 0 saturated carbocycles. The van der Waals surface area contributed by atoms with Crippen LogP contribution in [0.25, 0.3) is 0 Å². The van der Waals surface area contributed by atoms with E-state index in [1.807, 2.05) is 0 Å². The molecule has 1 aromatic rings. The zero-order chi connectivity index (χ0) is 13.4. The summed E-state index contributed by atoms with van der Waals surface area (Å²) in [5.41, 5.74) is 13.0. The number of likely N-dealkylation sites (N-methyl/N-ethyl adjacent to an activating group) is 1. The van der Waals surface area contributed by atoms with Crippen molar-refractivity contribution in [3.05, 3.63) is 16.0 Å². The molecule has 100 valence electrons. The Morgan fingerprint density at radius 3 is 2.78 bits per heavy atom. The van der Waals surface area contributed by atoms with Crippen molar-refractivity contribution < 1.29 is 4.79 Å². The van der Waals surface area contributed by atoms with Crippen LogP contribution in [0.3, 0.4) is 0 Å². The molecule has 18 heavy (non-hydrogen) atoms. The number of thiophene rings is 1. The first kappa shape index (κ1) is 13.4. The van der Waals surface area contributed by atoms with Crippen LogP contribution in [-0.4, -0.2) is 23.9 Å². The van der Waals surface area contributed by atoms with E-state index in [2.05, 4.69) is 25.8 Å². The van der Waals surface area contributed by atoms with Crippen molar-refractivity contribution in [2.45, 2.75) is 45.2 Å². The second-order valence-corrected chi connectivity index (χ2v) is 6.17. The van der Waals surface area contributed by atoms with Gasteiger partial charge in [0.05, 0.1) is 10.6 Å². The van der Waals surface area contributed by atoms with Gasteiger partial charge in [0.25, 0.3) is 5.91 Å². The summed E-state index contributed by atoms with van der Waals surface area (Å²) in [5, 5.41) is 0.574. The third kappa shape index (κ3) is 2.01. The third-order valence-electron chi connectivity index (χ3n) is 3.94. The summed E-state index contributed by atoms with van der Waals surface area (Å²) >= 11 is 1.53. The maximum absolute atomic E-state index is 11.5. The van der Waals surface area contributed by atoms with E-state index in [-0.39, 0.29) is 6.04 Å². The number of hydrogen-bond acceptors (Lipinski definition) is 4. The van der Waals surface area contributed by atoms with Crippen LogP contribution in [0.2, 0.25) is 0 Å². The Balaban J connectivity index is 2.45. The normalized spacial score (nSPS) is 23.9. The molecule has 1 aromatic heterocycles. The summed E-state index contributed by atoms with van der Waals surface area (Å²) in [7, 11) is 2.12. The minimum absolute atomic E-state index is 0.210. The molecule has 4 nitrogen and oxygen atoms in total. The highest BCUT2D eigenvalue weighted by atomic mass is 32.1. The highest BCUT2D eigenvalue weighted by molar-refractivity contribution is 7.16. The molecule has 4 N–H and O–H groups in total. The fraction of sp³-hybridized carbons (Fsp3) is 0.615. The minimum Gasteiger partial charge on any atom is -0.390 e. The number of primary amides is 1. The van der Waals surface area contributed by atoms with E-state index in [4.69, 9.17) is 11.5 Å². The van der Waals surface area contributed by atoms with Crippen molar-refractivity contribution >= 4 is 22.2 Å². The van der Waals surface area contributed by atoms with Gasteiger partial charge in [0.1, 0.15) is 0 Å². The molecule has 1 amide bonds. The number of nitrogens with zero attached hydrogens (tertiary/aromatic N) is 1. The molecular formula is C13H21N3OS. The van der Waals surface area contributed by atoms with Gasteiger partial charge in [-0.15, -0.1) is 11.3 Å². The van der Waals surface area contributed by atoms with Crippen LogP contribution >= 0.6 is 11.3 Å². The number of hydrogen-bond donors (Lipinski definition) is 2. The Morgan fingerprint density at radius 2 is 2.22 bits per heavy atom. The van der Waals surface area contributed by atoms with E-state index in [1.54, 1.807) is 0 Å². The van der Waals surface area contributed by atoms with Gasteiger partial charge < -0.3 is 11.5 Å². The van der Waals surface area contributed by atoms with Crippen molar-refractivity contribution in [1.82, 2.24) is 4.90 Å². The largest absolute Gasteiger partial charge is 0.390 e. The molecule has 0 aromatic carbocycles. The topological polar surface area (TPSA) is 72.3 Å². The number of anilines is 1. The summed E-state index contributed by atoms with van der Waals surface area (Å²) in [6.45, 7) is 4.32. The highest BCUT2D eigenvalue weighted by Crippen LogP contribution is 2.42. The fourth-order valence-corrected chi connectivity index (χ4v) is 4.11. The molecule has 0 bridgehead atoms. The molecule has 0 spiro atoms. The van der Waals surface area contributed by atoms with Crippen molar-refractivity contribution in [2.75, 3.05) is 12.8 Å². The molecular weight excluding hydrogens is 246 g/mol. The number of nitrogens with two attached hydrogens (primary N) is 2. The minimum atomic E-state index is -0.404. The van der Waals surface area contributed by atoms with Crippen LogP contribution in [0.5, 0.6) is 0 Å². The number of fused-ring (bicyclic) bond motifs is 1. The highest BCUT2D eigenvalue weighted by Gasteiger charge is 2.34. The number of carbonyl (C=O) groups excluding carboxylic acids is 1. The molecule has 5 heteroatoms. The fourth-order valence-electron chi connectivity index (χ4n) is 2.88. The van der Waals surface area contributed by atoms with Crippen LogP contribution in [0.4, 0.5) is 5.00 Å². The van der Waals surface area contributed by atoms with Gasteiger partial charge in [-0.1, -0.05) is 13.3 Å². The summed E-state index contributed by atoms with van der Waals surface area (Å²) in [6, 6.07) is 0.748. The lowest BCUT2D eigenvalue weighted by Gasteiger charge is -2.38. The lowest BCUT2D eigenvalue weighted by atomic mass is 9.91. The summed E-state index contributed by atoms with van der Waals surface area (Å²) < 4.78 is 0. The van der Waals surface area contributed by atoms with E-state index in [0.717, 1.165) is 12.0 Å². The van der Waals surface area contributed by atoms with Gasteiger partial charge in [0, 0.05) is 17.0 Å². The van der Waals surface area contributed by atoms with Gasteiger partial charge in [-0.05, 0) is 32.4 Å². The zero-order valence-corrected chi connectivity index (χ0v) is 12.0.